The van der Waals surface area contributed by atoms with E-state index in [2.05, 4.69) is 5.32 Å². The number of aliphatic hydroxyl groups excluding tert-OH is 2. The number of rotatable bonds is 10. The monoisotopic (exact) mass is 335 g/mol. The maximum absolute atomic E-state index is 12.8. The van der Waals surface area contributed by atoms with Gasteiger partial charge in [0.1, 0.15) is 36.6 Å². The van der Waals surface area contributed by atoms with Crippen LogP contribution >= 0.6 is 0 Å². The smallest absolute Gasteiger partial charge is 0.123 e. The Labute approximate surface area is 140 Å². The predicted molar refractivity (Wildman–Crippen MR) is 88.6 cm³/mol. The Kier molecular flexibility index (Phi) is 7.48. The zero-order valence-electron chi connectivity index (χ0n) is 13.3. The van der Waals surface area contributed by atoms with E-state index in [4.69, 9.17) is 14.6 Å². The fourth-order valence-electron chi connectivity index (χ4n) is 1.98. The number of hydrogen-bond donors (Lipinski definition) is 3. The van der Waals surface area contributed by atoms with Gasteiger partial charge in [0.05, 0.1) is 6.61 Å². The Bertz CT molecular complexity index is 589. The summed E-state index contributed by atoms with van der Waals surface area (Å²) in [6, 6.07) is 13.2. The van der Waals surface area contributed by atoms with Crippen molar-refractivity contribution in [3.63, 3.8) is 0 Å². The molecule has 24 heavy (non-hydrogen) atoms. The second kappa shape index (κ2) is 9.87. The first-order valence-corrected chi connectivity index (χ1v) is 7.77. The van der Waals surface area contributed by atoms with E-state index in [0.717, 1.165) is 5.56 Å². The van der Waals surface area contributed by atoms with E-state index < -0.39 is 6.10 Å². The molecule has 0 bridgehead atoms. The molecule has 0 aromatic heterocycles. The van der Waals surface area contributed by atoms with Crippen LogP contribution in [0, 0.1) is 5.82 Å². The second-order valence-corrected chi connectivity index (χ2v) is 5.28. The number of halogens is 1. The van der Waals surface area contributed by atoms with E-state index >= 15 is 0 Å². The van der Waals surface area contributed by atoms with Crippen LogP contribution in [0.15, 0.2) is 48.5 Å². The van der Waals surface area contributed by atoms with Crippen molar-refractivity contribution < 1.29 is 24.1 Å². The third-order valence-electron chi connectivity index (χ3n) is 3.25. The van der Waals surface area contributed by atoms with E-state index in [1.54, 1.807) is 36.4 Å². The van der Waals surface area contributed by atoms with Crippen molar-refractivity contribution in [2.45, 2.75) is 12.7 Å². The fraction of sp³-hybridized carbons (Fsp3) is 0.333. The molecule has 5 nitrogen and oxygen atoms in total. The lowest BCUT2D eigenvalue weighted by Gasteiger charge is -2.13. The third kappa shape index (κ3) is 6.54. The van der Waals surface area contributed by atoms with Gasteiger partial charge in [0, 0.05) is 13.1 Å². The highest BCUT2D eigenvalue weighted by molar-refractivity contribution is 5.31. The molecule has 1 unspecified atom stereocenters. The first-order chi connectivity index (χ1) is 11.7. The Balaban J connectivity index is 1.73. The molecule has 0 saturated carbocycles. The van der Waals surface area contributed by atoms with Crippen LogP contribution in [0.2, 0.25) is 0 Å². The molecule has 0 amide bonds. The summed E-state index contributed by atoms with van der Waals surface area (Å²) in [6.07, 6.45) is -0.647. The van der Waals surface area contributed by atoms with Crippen molar-refractivity contribution in [2.24, 2.45) is 0 Å². The highest BCUT2D eigenvalue weighted by Crippen LogP contribution is 2.19. The Morgan fingerprint density at radius 3 is 2.21 bits per heavy atom. The zero-order chi connectivity index (χ0) is 17.2. The summed E-state index contributed by atoms with van der Waals surface area (Å²) < 4.78 is 23.9. The summed E-state index contributed by atoms with van der Waals surface area (Å²) in [4.78, 5) is 0. The molecule has 0 aliphatic rings. The molecule has 0 radical (unpaired) electrons. The molecule has 2 aromatic carbocycles. The molecular formula is C18H22FNO4. The zero-order valence-corrected chi connectivity index (χ0v) is 13.3. The average Bonchev–Trinajstić information content (AvgIpc) is 2.60. The summed E-state index contributed by atoms with van der Waals surface area (Å²) in [7, 11) is 0. The van der Waals surface area contributed by atoms with Crippen molar-refractivity contribution in [1.82, 2.24) is 5.32 Å². The van der Waals surface area contributed by atoms with E-state index in [-0.39, 0.29) is 19.0 Å². The van der Waals surface area contributed by atoms with Gasteiger partial charge in [-0.1, -0.05) is 12.1 Å². The predicted octanol–water partition coefficient (Wildman–Crippen LogP) is 1.73. The standard InChI is InChI=1S/C18H22FNO4/c19-15-3-1-14(2-4-15)12-23-17-5-7-18(8-6-17)24-13-16(22)11-20-9-10-21/h1-8,16,20-22H,9-13H2. The van der Waals surface area contributed by atoms with Gasteiger partial charge in [-0.3, -0.25) is 0 Å². The molecule has 0 spiro atoms. The Morgan fingerprint density at radius 1 is 0.958 bits per heavy atom. The van der Waals surface area contributed by atoms with Crippen molar-refractivity contribution in [3.8, 4) is 11.5 Å². The number of nitrogens with one attached hydrogen (secondary N) is 1. The van der Waals surface area contributed by atoms with Gasteiger partial charge in [-0.2, -0.15) is 0 Å². The summed E-state index contributed by atoms with van der Waals surface area (Å²) in [6.45, 7) is 1.35. The van der Waals surface area contributed by atoms with Crippen LogP contribution in [0.4, 0.5) is 4.39 Å². The molecule has 0 heterocycles. The molecule has 2 rings (SSSR count). The summed E-state index contributed by atoms with van der Waals surface area (Å²) in [5, 5.41) is 21.2. The van der Waals surface area contributed by atoms with Crippen LogP contribution in [0.5, 0.6) is 11.5 Å². The van der Waals surface area contributed by atoms with Crippen LogP contribution in [0.25, 0.3) is 0 Å². The topological polar surface area (TPSA) is 71.0 Å². The van der Waals surface area contributed by atoms with E-state index in [1.165, 1.54) is 12.1 Å². The number of aliphatic hydroxyl groups is 2. The van der Waals surface area contributed by atoms with E-state index in [1.807, 2.05) is 0 Å². The van der Waals surface area contributed by atoms with Crippen LogP contribution in [-0.4, -0.2) is 42.6 Å². The molecular weight excluding hydrogens is 313 g/mol. The minimum absolute atomic E-state index is 0.0347. The van der Waals surface area contributed by atoms with Crippen LogP contribution < -0.4 is 14.8 Å². The molecule has 3 N–H and O–H groups in total. The van der Waals surface area contributed by atoms with Crippen molar-refractivity contribution in [3.05, 3.63) is 59.9 Å². The maximum Gasteiger partial charge on any atom is 0.123 e. The molecule has 6 heteroatoms. The quantitative estimate of drug-likeness (QED) is 0.577. The van der Waals surface area contributed by atoms with Gasteiger partial charge in [-0.25, -0.2) is 4.39 Å². The van der Waals surface area contributed by atoms with Crippen LogP contribution in [0.3, 0.4) is 0 Å². The van der Waals surface area contributed by atoms with Gasteiger partial charge in [0.2, 0.25) is 0 Å². The first-order valence-electron chi connectivity index (χ1n) is 7.77. The van der Waals surface area contributed by atoms with E-state index in [9.17, 15) is 9.50 Å². The average molecular weight is 335 g/mol. The molecule has 1 atom stereocenters. The SMILES string of the molecule is OCCNCC(O)COc1ccc(OCc2ccc(F)cc2)cc1. The molecule has 0 saturated heterocycles. The van der Waals surface area contributed by atoms with Gasteiger partial charge in [0.25, 0.3) is 0 Å². The molecule has 0 fully saturated rings. The van der Waals surface area contributed by atoms with Crippen molar-refractivity contribution in [2.75, 3.05) is 26.3 Å². The largest absolute Gasteiger partial charge is 0.491 e. The molecule has 0 aliphatic carbocycles. The number of hydrogen-bond acceptors (Lipinski definition) is 5. The summed E-state index contributed by atoms with van der Waals surface area (Å²) in [5.74, 6) is 1.04. The van der Waals surface area contributed by atoms with Gasteiger partial charge in [-0.15, -0.1) is 0 Å². The lowest BCUT2D eigenvalue weighted by Crippen LogP contribution is -2.32. The highest BCUT2D eigenvalue weighted by Gasteiger charge is 2.05. The van der Waals surface area contributed by atoms with Gasteiger partial charge in [0.15, 0.2) is 0 Å². The number of ether oxygens (including phenoxy) is 2. The molecule has 0 aliphatic heterocycles. The lowest BCUT2D eigenvalue weighted by atomic mass is 10.2. The lowest BCUT2D eigenvalue weighted by molar-refractivity contribution is 0.105. The normalized spacial score (nSPS) is 12.0. The summed E-state index contributed by atoms with van der Waals surface area (Å²) in [5.41, 5.74) is 0.884. The van der Waals surface area contributed by atoms with Gasteiger partial charge >= 0.3 is 0 Å². The van der Waals surface area contributed by atoms with Gasteiger partial charge < -0.3 is 25.0 Å². The Hall–Kier alpha value is -2.15. The van der Waals surface area contributed by atoms with Crippen LogP contribution in [0.1, 0.15) is 5.56 Å². The number of benzene rings is 2. The molecule has 2 aromatic rings. The second-order valence-electron chi connectivity index (χ2n) is 5.28. The first kappa shape index (κ1) is 18.2. The fourth-order valence-corrected chi connectivity index (χ4v) is 1.98. The third-order valence-corrected chi connectivity index (χ3v) is 3.25. The van der Waals surface area contributed by atoms with Crippen molar-refractivity contribution >= 4 is 0 Å². The van der Waals surface area contributed by atoms with Crippen molar-refractivity contribution in [1.29, 1.82) is 0 Å². The van der Waals surface area contributed by atoms with Crippen LogP contribution in [-0.2, 0) is 6.61 Å². The minimum atomic E-state index is -0.647. The molecule has 130 valence electrons. The Morgan fingerprint density at radius 2 is 1.58 bits per heavy atom. The summed E-state index contributed by atoms with van der Waals surface area (Å²) >= 11 is 0. The highest BCUT2D eigenvalue weighted by atomic mass is 19.1. The maximum atomic E-state index is 12.8. The van der Waals surface area contributed by atoms with Gasteiger partial charge in [-0.05, 0) is 42.0 Å². The minimum Gasteiger partial charge on any atom is -0.491 e. The van der Waals surface area contributed by atoms with E-state index in [0.29, 0.717) is 31.2 Å².